The number of ketones is 1. The molecule has 1 aromatic carbocycles. The number of pyridine rings is 1. The fourth-order valence-corrected chi connectivity index (χ4v) is 3.48. The normalized spacial score (nSPS) is 14.9. The van der Waals surface area contributed by atoms with Gasteiger partial charge in [0.1, 0.15) is 5.76 Å². The van der Waals surface area contributed by atoms with Gasteiger partial charge in [0.15, 0.2) is 12.4 Å². The molecule has 0 fully saturated rings. The summed E-state index contributed by atoms with van der Waals surface area (Å²) in [5.41, 5.74) is 3.38. The Balaban J connectivity index is 1.76. The SMILES string of the molecule is CC(C)(C)C(=O)COC(=O)c1c2c(nc3ccccc13)/C(=C/c1ccco1)CC2. The summed E-state index contributed by atoms with van der Waals surface area (Å²) < 4.78 is 10.9. The van der Waals surface area contributed by atoms with Crippen LogP contribution in [-0.4, -0.2) is 23.3 Å². The van der Waals surface area contributed by atoms with Crippen molar-refractivity contribution < 1.29 is 18.7 Å². The van der Waals surface area contributed by atoms with Crippen molar-refractivity contribution in [2.24, 2.45) is 5.41 Å². The van der Waals surface area contributed by atoms with E-state index in [1.807, 2.05) is 63.2 Å². The first-order valence-electron chi connectivity index (χ1n) is 9.71. The minimum absolute atomic E-state index is 0.112. The Hall–Kier alpha value is -3.21. The fraction of sp³-hybridized carbons (Fsp3) is 0.292. The molecular weight excluding hydrogens is 366 g/mol. The third-order valence-corrected chi connectivity index (χ3v) is 5.18. The van der Waals surface area contributed by atoms with E-state index in [4.69, 9.17) is 14.1 Å². The van der Waals surface area contributed by atoms with E-state index in [1.54, 1.807) is 6.26 Å². The Kier molecular flexibility index (Phi) is 4.82. The average molecular weight is 389 g/mol. The molecule has 2 heterocycles. The first-order valence-corrected chi connectivity index (χ1v) is 9.71. The smallest absolute Gasteiger partial charge is 0.339 e. The van der Waals surface area contributed by atoms with Gasteiger partial charge in [0, 0.05) is 10.8 Å². The van der Waals surface area contributed by atoms with Crippen LogP contribution in [0.3, 0.4) is 0 Å². The van der Waals surface area contributed by atoms with Gasteiger partial charge in [-0.15, -0.1) is 0 Å². The van der Waals surface area contributed by atoms with Crippen molar-refractivity contribution in [3.63, 3.8) is 0 Å². The first-order chi connectivity index (χ1) is 13.8. The van der Waals surface area contributed by atoms with Crippen molar-refractivity contribution in [3.05, 3.63) is 65.2 Å². The highest BCUT2D eigenvalue weighted by Gasteiger charge is 2.29. The molecule has 1 aliphatic carbocycles. The molecule has 2 aromatic heterocycles. The van der Waals surface area contributed by atoms with E-state index in [1.165, 1.54) is 0 Å². The number of Topliss-reactive ketones (excluding diaryl/α,β-unsaturated/α-hetero) is 1. The molecule has 0 atom stereocenters. The van der Waals surface area contributed by atoms with E-state index in [2.05, 4.69) is 0 Å². The molecule has 0 saturated heterocycles. The van der Waals surface area contributed by atoms with Crippen molar-refractivity contribution >= 4 is 34.3 Å². The maximum Gasteiger partial charge on any atom is 0.339 e. The van der Waals surface area contributed by atoms with Crippen LogP contribution in [0.15, 0.2) is 47.1 Å². The lowest BCUT2D eigenvalue weighted by molar-refractivity contribution is -0.129. The van der Waals surface area contributed by atoms with Crippen LogP contribution in [0.1, 0.15) is 54.6 Å². The van der Waals surface area contributed by atoms with Crippen LogP contribution in [0.2, 0.25) is 0 Å². The molecule has 29 heavy (non-hydrogen) atoms. The van der Waals surface area contributed by atoms with Crippen molar-refractivity contribution in [1.29, 1.82) is 0 Å². The van der Waals surface area contributed by atoms with Crippen LogP contribution in [0, 0.1) is 5.41 Å². The zero-order chi connectivity index (χ0) is 20.6. The van der Waals surface area contributed by atoms with Crippen LogP contribution >= 0.6 is 0 Å². The summed E-state index contributed by atoms with van der Waals surface area (Å²) in [6.07, 6.45) is 5.05. The zero-order valence-corrected chi connectivity index (χ0v) is 16.8. The van der Waals surface area contributed by atoms with E-state index in [-0.39, 0.29) is 12.4 Å². The minimum Gasteiger partial charge on any atom is -0.465 e. The molecule has 0 N–H and O–H groups in total. The van der Waals surface area contributed by atoms with E-state index in [0.717, 1.165) is 39.9 Å². The lowest BCUT2D eigenvalue weighted by Crippen LogP contribution is -2.26. The zero-order valence-electron chi connectivity index (χ0n) is 16.8. The topological polar surface area (TPSA) is 69.4 Å². The molecule has 148 valence electrons. The Labute approximate surface area is 169 Å². The number of carbonyl (C=O) groups excluding carboxylic acids is 2. The van der Waals surface area contributed by atoms with Gasteiger partial charge >= 0.3 is 5.97 Å². The lowest BCUT2D eigenvalue weighted by atomic mass is 9.91. The molecule has 0 spiro atoms. The molecule has 0 bridgehead atoms. The monoisotopic (exact) mass is 389 g/mol. The van der Waals surface area contributed by atoms with Gasteiger partial charge in [-0.05, 0) is 48.3 Å². The quantitative estimate of drug-likeness (QED) is 0.582. The maximum absolute atomic E-state index is 13.0. The van der Waals surface area contributed by atoms with Gasteiger partial charge in [0.2, 0.25) is 0 Å². The second kappa shape index (κ2) is 7.32. The average Bonchev–Trinajstić information content (AvgIpc) is 3.34. The van der Waals surface area contributed by atoms with E-state index >= 15 is 0 Å². The molecule has 0 saturated carbocycles. The first kappa shape index (κ1) is 19.1. The highest BCUT2D eigenvalue weighted by Crippen LogP contribution is 2.37. The van der Waals surface area contributed by atoms with E-state index in [0.29, 0.717) is 12.0 Å². The Bertz CT molecular complexity index is 1120. The molecule has 4 rings (SSSR count). The number of hydrogen-bond acceptors (Lipinski definition) is 5. The number of aromatic nitrogens is 1. The van der Waals surface area contributed by atoms with Gasteiger partial charge in [-0.3, -0.25) is 4.79 Å². The number of rotatable bonds is 4. The number of ether oxygens (including phenoxy) is 1. The van der Waals surface area contributed by atoms with Crippen LogP contribution in [0.5, 0.6) is 0 Å². The minimum atomic E-state index is -0.554. The molecule has 5 heteroatoms. The summed E-state index contributed by atoms with van der Waals surface area (Å²) in [4.78, 5) is 30.1. The van der Waals surface area contributed by atoms with Crippen LogP contribution in [0.25, 0.3) is 22.6 Å². The largest absolute Gasteiger partial charge is 0.465 e. The second-order valence-corrected chi connectivity index (χ2v) is 8.27. The lowest BCUT2D eigenvalue weighted by Gasteiger charge is -2.17. The number of fused-ring (bicyclic) bond motifs is 2. The highest BCUT2D eigenvalue weighted by atomic mass is 16.5. The number of carbonyl (C=O) groups is 2. The summed E-state index contributed by atoms with van der Waals surface area (Å²) in [5.74, 6) is 0.165. The molecule has 0 amide bonds. The van der Waals surface area contributed by atoms with Gasteiger partial charge in [0.25, 0.3) is 0 Å². The Morgan fingerprint density at radius 3 is 2.66 bits per heavy atom. The predicted molar refractivity (Wildman–Crippen MR) is 111 cm³/mol. The fourth-order valence-electron chi connectivity index (χ4n) is 3.48. The van der Waals surface area contributed by atoms with Gasteiger partial charge < -0.3 is 9.15 Å². The molecule has 1 aliphatic rings. The summed E-state index contributed by atoms with van der Waals surface area (Å²) in [6, 6.07) is 11.3. The molecule has 5 nitrogen and oxygen atoms in total. The summed E-state index contributed by atoms with van der Waals surface area (Å²) in [7, 11) is 0. The van der Waals surface area contributed by atoms with Crippen LogP contribution < -0.4 is 0 Å². The summed E-state index contributed by atoms with van der Waals surface area (Å²) >= 11 is 0. The predicted octanol–water partition coefficient (Wildman–Crippen LogP) is 5.09. The van der Waals surface area contributed by atoms with Crippen molar-refractivity contribution in [3.8, 4) is 0 Å². The van der Waals surface area contributed by atoms with Gasteiger partial charge in [-0.2, -0.15) is 0 Å². The number of benzene rings is 1. The number of furan rings is 1. The standard InChI is InChI=1S/C24H23NO4/c1-24(2,3)20(26)14-29-23(27)21-17-8-4-5-9-19(17)25-22-15(10-11-18(21)22)13-16-7-6-12-28-16/h4-9,12-13H,10-11,14H2,1-3H3/b15-13+. The second-order valence-electron chi connectivity index (χ2n) is 8.27. The molecular formula is C24H23NO4. The molecule has 3 aromatic rings. The van der Waals surface area contributed by atoms with E-state index in [9.17, 15) is 9.59 Å². The number of allylic oxidation sites excluding steroid dienone is 1. The van der Waals surface area contributed by atoms with Crippen molar-refractivity contribution in [2.45, 2.75) is 33.6 Å². The Morgan fingerprint density at radius 1 is 1.14 bits per heavy atom. The highest BCUT2D eigenvalue weighted by molar-refractivity contribution is 6.07. The van der Waals surface area contributed by atoms with Gasteiger partial charge in [-0.25, -0.2) is 9.78 Å². The van der Waals surface area contributed by atoms with Crippen LogP contribution in [0.4, 0.5) is 0 Å². The van der Waals surface area contributed by atoms with Gasteiger partial charge in [-0.1, -0.05) is 39.0 Å². The van der Waals surface area contributed by atoms with E-state index < -0.39 is 11.4 Å². The maximum atomic E-state index is 13.0. The number of hydrogen-bond donors (Lipinski definition) is 0. The van der Waals surface area contributed by atoms with Crippen LogP contribution in [-0.2, 0) is 16.0 Å². The summed E-state index contributed by atoms with van der Waals surface area (Å²) in [6.45, 7) is 5.21. The number of nitrogens with zero attached hydrogens (tertiary/aromatic N) is 1. The van der Waals surface area contributed by atoms with Gasteiger partial charge in [0.05, 0.1) is 23.0 Å². The molecule has 0 aliphatic heterocycles. The third kappa shape index (κ3) is 3.73. The Morgan fingerprint density at radius 2 is 1.93 bits per heavy atom. The number of para-hydroxylation sites is 1. The van der Waals surface area contributed by atoms with Crippen molar-refractivity contribution in [1.82, 2.24) is 4.98 Å². The number of esters is 1. The third-order valence-electron chi connectivity index (χ3n) is 5.18. The summed E-state index contributed by atoms with van der Waals surface area (Å²) in [5, 5.41) is 0.749. The molecule has 0 unspecified atom stereocenters. The van der Waals surface area contributed by atoms with Crippen molar-refractivity contribution in [2.75, 3.05) is 6.61 Å². The molecule has 0 radical (unpaired) electrons.